The van der Waals surface area contributed by atoms with Crippen LogP contribution in [-0.4, -0.2) is 23.5 Å². The summed E-state index contributed by atoms with van der Waals surface area (Å²) in [7, 11) is 1.45. The first-order valence-corrected chi connectivity index (χ1v) is 2.79. The van der Waals surface area contributed by atoms with Gasteiger partial charge >= 0.3 is 0 Å². The van der Waals surface area contributed by atoms with E-state index >= 15 is 0 Å². The van der Waals surface area contributed by atoms with E-state index in [1.165, 1.54) is 7.11 Å². The van der Waals surface area contributed by atoms with E-state index in [4.69, 9.17) is 0 Å². The number of oxime groups is 1. The summed E-state index contributed by atoms with van der Waals surface area (Å²) in [5.74, 6) is 0. The second-order valence-corrected chi connectivity index (χ2v) is 2.42. The standard InChI is InChI=1S/C6H13NO2/c1-5(7-9-4)6(2,3)8/h8H,1-4H3/b7-5+. The summed E-state index contributed by atoms with van der Waals surface area (Å²) in [5.41, 5.74) is -0.291. The number of rotatable bonds is 2. The van der Waals surface area contributed by atoms with Crippen LogP contribution < -0.4 is 0 Å². The topological polar surface area (TPSA) is 41.8 Å². The van der Waals surface area contributed by atoms with Gasteiger partial charge in [0.25, 0.3) is 0 Å². The molecule has 54 valence electrons. The molecule has 0 heterocycles. The van der Waals surface area contributed by atoms with Crippen LogP contribution in [0.5, 0.6) is 0 Å². The van der Waals surface area contributed by atoms with E-state index in [9.17, 15) is 5.11 Å². The van der Waals surface area contributed by atoms with Crippen LogP contribution in [0.3, 0.4) is 0 Å². The van der Waals surface area contributed by atoms with Crippen LogP contribution in [0.4, 0.5) is 0 Å². The summed E-state index contributed by atoms with van der Waals surface area (Å²) in [6.45, 7) is 5.03. The van der Waals surface area contributed by atoms with Gasteiger partial charge in [-0.1, -0.05) is 5.16 Å². The minimum absolute atomic E-state index is 0.574. The van der Waals surface area contributed by atoms with E-state index in [1.807, 2.05) is 0 Å². The van der Waals surface area contributed by atoms with Gasteiger partial charge in [-0.3, -0.25) is 0 Å². The largest absolute Gasteiger partial charge is 0.399 e. The lowest BCUT2D eigenvalue weighted by atomic mass is 10.1. The quantitative estimate of drug-likeness (QED) is 0.444. The average Bonchev–Trinajstić information content (AvgIpc) is 1.64. The zero-order valence-corrected chi connectivity index (χ0v) is 6.30. The lowest BCUT2D eigenvalue weighted by Gasteiger charge is -2.14. The van der Waals surface area contributed by atoms with Gasteiger partial charge in [-0.2, -0.15) is 0 Å². The molecule has 0 unspecified atom stereocenters. The lowest BCUT2D eigenvalue weighted by molar-refractivity contribution is 0.139. The fraction of sp³-hybridized carbons (Fsp3) is 0.833. The molecule has 0 aromatic rings. The molecule has 0 amide bonds. The van der Waals surface area contributed by atoms with Gasteiger partial charge in [-0.05, 0) is 20.8 Å². The minimum Gasteiger partial charge on any atom is -0.399 e. The van der Waals surface area contributed by atoms with Crippen molar-refractivity contribution in [3.8, 4) is 0 Å². The van der Waals surface area contributed by atoms with Crippen LogP contribution in [-0.2, 0) is 4.84 Å². The first-order chi connectivity index (χ1) is 3.98. The molecule has 0 aliphatic carbocycles. The third-order valence-electron chi connectivity index (χ3n) is 1.11. The zero-order valence-electron chi connectivity index (χ0n) is 6.30. The number of aliphatic hydroxyl groups is 1. The molecule has 3 nitrogen and oxygen atoms in total. The number of nitrogens with zero attached hydrogens (tertiary/aromatic N) is 1. The summed E-state index contributed by atoms with van der Waals surface area (Å²) >= 11 is 0. The molecule has 0 aliphatic rings. The normalized spacial score (nSPS) is 13.7. The molecule has 9 heavy (non-hydrogen) atoms. The van der Waals surface area contributed by atoms with Gasteiger partial charge in [-0.25, -0.2) is 0 Å². The van der Waals surface area contributed by atoms with Crippen molar-refractivity contribution in [3.63, 3.8) is 0 Å². The van der Waals surface area contributed by atoms with Crippen LogP contribution in [0.1, 0.15) is 20.8 Å². The first kappa shape index (κ1) is 8.43. The molecule has 0 aliphatic heterocycles. The molecule has 0 bridgehead atoms. The molecular weight excluding hydrogens is 118 g/mol. The van der Waals surface area contributed by atoms with Crippen LogP contribution >= 0.6 is 0 Å². The van der Waals surface area contributed by atoms with Crippen LogP contribution in [0.15, 0.2) is 5.16 Å². The maximum atomic E-state index is 9.21. The molecule has 0 spiro atoms. The lowest BCUT2D eigenvalue weighted by Crippen LogP contribution is -2.28. The molecule has 0 saturated carbocycles. The Morgan fingerprint density at radius 2 is 2.00 bits per heavy atom. The summed E-state index contributed by atoms with van der Waals surface area (Å²) < 4.78 is 0. The van der Waals surface area contributed by atoms with Crippen LogP contribution in [0.2, 0.25) is 0 Å². The third kappa shape index (κ3) is 3.08. The molecule has 0 atom stereocenters. The third-order valence-corrected chi connectivity index (χ3v) is 1.11. The second kappa shape index (κ2) is 2.82. The van der Waals surface area contributed by atoms with Crippen molar-refractivity contribution in [2.45, 2.75) is 26.4 Å². The molecule has 0 aromatic heterocycles. The first-order valence-electron chi connectivity index (χ1n) is 2.79. The monoisotopic (exact) mass is 131 g/mol. The van der Waals surface area contributed by atoms with Crippen molar-refractivity contribution in [1.82, 2.24) is 0 Å². The number of hydrogen-bond acceptors (Lipinski definition) is 3. The molecule has 0 radical (unpaired) electrons. The molecular formula is C6H13NO2. The van der Waals surface area contributed by atoms with Gasteiger partial charge in [0.2, 0.25) is 0 Å². The summed E-state index contributed by atoms with van der Waals surface area (Å²) in [5, 5.41) is 12.8. The van der Waals surface area contributed by atoms with Crippen molar-refractivity contribution in [1.29, 1.82) is 0 Å². The van der Waals surface area contributed by atoms with Gasteiger partial charge < -0.3 is 9.94 Å². The highest BCUT2D eigenvalue weighted by molar-refractivity contribution is 5.88. The van der Waals surface area contributed by atoms with Gasteiger partial charge in [-0.15, -0.1) is 0 Å². The summed E-state index contributed by atoms with van der Waals surface area (Å²) in [4.78, 5) is 4.46. The highest BCUT2D eigenvalue weighted by atomic mass is 16.6. The second-order valence-electron chi connectivity index (χ2n) is 2.42. The molecule has 3 heteroatoms. The molecule has 0 saturated heterocycles. The van der Waals surface area contributed by atoms with E-state index in [0.717, 1.165) is 0 Å². The zero-order chi connectivity index (χ0) is 7.49. The maximum Gasteiger partial charge on any atom is 0.106 e. The Morgan fingerprint density at radius 1 is 1.56 bits per heavy atom. The highest BCUT2D eigenvalue weighted by Gasteiger charge is 2.16. The van der Waals surface area contributed by atoms with Crippen molar-refractivity contribution in [2.24, 2.45) is 5.16 Å². The van der Waals surface area contributed by atoms with E-state index < -0.39 is 5.60 Å². The Morgan fingerprint density at radius 3 is 2.11 bits per heavy atom. The molecule has 0 rings (SSSR count). The predicted octanol–water partition coefficient (Wildman–Crippen LogP) is 0.780. The summed E-state index contributed by atoms with van der Waals surface area (Å²) in [6.07, 6.45) is 0. The van der Waals surface area contributed by atoms with Gasteiger partial charge in [0, 0.05) is 0 Å². The van der Waals surface area contributed by atoms with E-state index in [-0.39, 0.29) is 0 Å². The molecule has 0 fully saturated rings. The Labute approximate surface area is 55.3 Å². The maximum absolute atomic E-state index is 9.21. The van der Waals surface area contributed by atoms with Crippen LogP contribution in [0.25, 0.3) is 0 Å². The van der Waals surface area contributed by atoms with Crippen LogP contribution in [0, 0.1) is 0 Å². The van der Waals surface area contributed by atoms with Crippen molar-refractivity contribution in [3.05, 3.63) is 0 Å². The van der Waals surface area contributed by atoms with Crippen molar-refractivity contribution < 1.29 is 9.94 Å². The van der Waals surface area contributed by atoms with Crippen molar-refractivity contribution in [2.75, 3.05) is 7.11 Å². The minimum atomic E-state index is -0.865. The highest BCUT2D eigenvalue weighted by Crippen LogP contribution is 2.03. The van der Waals surface area contributed by atoms with E-state index in [1.54, 1.807) is 20.8 Å². The Kier molecular flexibility index (Phi) is 2.65. The molecule has 1 N–H and O–H groups in total. The number of hydrogen-bond donors (Lipinski definition) is 1. The Bertz CT molecular complexity index is 113. The summed E-state index contributed by atoms with van der Waals surface area (Å²) in [6, 6.07) is 0. The predicted molar refractivity (Wildman–Crippen MR) is 36.4 cm³/mol. The molecule has 0 aromatic carbocycles. The Balaban J connectivity index is 4.03. The fourth-order valence-electron chi connectivity index (χ4n) is 0.249. The van der Waals surface area contributed by atoms with E-state index in [0.29, 0.717) is 5.71 Å². The van der Waals surface area contributed by atoms with E-state index in [2.05, 4.69) is 9.99 Å². The van der Waals surface area contributed by atoms with Gasteiger partial charge in [0.1, 0.15) is 12.7 Å². The van der Waals surface area contributed by atoms with Gasteiger partial charge in [0.05, 0.1) is 5.71 Å². The smallest absolute Gasteiger partial charge is 0.106 e. The van der Waals surface area contributed by atoms with Gasteiger partial charge in [0.15, 0.2) is 0 Å². The average molecular weight is 131 g/mol. The Hall–Kier alpha value is -0.570. The van der Waals surface area contributed by atoms with Crippen molar-refractivity contribution >= 4 is 5.71 Å². The fourth-order valence-corrected chi connectivity index (χ4v) is 0.249. The SMILES string of the molecule is CO/N=C(\C)C(C)(C)O.